The van der Waals surface area contributed by atoms with Crippen molar-refractivity contribution in [2.45, 2.75) is 51.9 Å². The number of hydrogen-bond acceptors (Lipinski definition) is 1. The molecule has 100 valence electrons. The normalized spacial score (nSPS) is 12.4. The summed E-state index contributed by atoms with van der Waals surface area (Å²) in [6, 6.07) is 5.46. The molecule has 0 aromatic heterocycles. The van der Waals surface area contributed by atoms with Gasteiger partial charge in [0.1, 0.15) is 0 Å². The van der Waals surface area contributed by atoms with E-state index in [1.54, 1.807) is 12.1 Å². The Labute approximate surface area is 118 Å². The van der Waals surface area contributed by atoms with Crippen LogP contribution in [0.15, 0.2) is 22.7 Å². The standard InChI is InChI=1S/C15H21BrO2/c1-3-5-6-7-11(4-2)14-10-12(16)8-9-13(14)15(17)18/h8-11H,3-7H2,1-2H3,(H,17,18). The van der Waals surface area contributed by atoms with Gasteiger partial charge in [-0.3, -0.25) is 0 Å². The van der Waals surface area contributed by atoms with Crippen LogP contribution in [0.4, 0.5) is 0 Å². The molecule has 0 heterocycles. The van der Waals surface area contributed by atoms with Crippen LogP contribution < -0.4 is 0 Å². The second kappa shape index (κ2) is 7.57. The maximum Gasteiger partial charge on any atom is 0.335 e. The molecular weight excluding hydrogens is 292 g/mol. The van der Waals surface area contributed by atoms with Crippen molar-refractivity contribution in [2.24, 2.45) is 0 Å². The van der Waals surface area contributed by atoms with E-state index in [0.717, 1.165) is 22.9 Å². The SMILES string of the molecule is CCCCCC(CC)c1cc(Br)ccc1C(=O)O. The lowest BCUT2D eigenvalue weighted by Crippen LogP contribution is -2.07. The number of aromatic carboxylic acids is 1. The van der Waals surface area contributed by atoms with E-state index in [0.29, 0.717) is 11.5 Å². The summed E-state index contributed by atoms with van der Waals surface area (Å²) < 4.78 is 0.955. The van der Waals surface area contributed by atoms with Gasteiger partial charge in [0, 0.05) is 4.47 Å². The number of carboxylic acid groups (broad SMARTS) is 1. The minimum absolute atomic E-state index is 0.347. The zero-order valence-electron chi connectivity index (χ0n) is 11.1. The number of halogens is 1. The van der Waals surface area contributed by atoms with Crippen LogP contribution in [0.25, 0.3) is 0 Å². The van der Waals surface area contributed by atoms with E-state index >= 15 is 0 Å². The van der Waals surface area contributed by atoms with Crippen molar-refractivity contribution in [1.29, 1.82) is 0 Å². The number of hydrogen-bond donors (Lipinski definition) is 1. The van der Waals surface area contributed by atoms with Gasteiger partial charge in [0.05, 0.1) is 5.56 Å². The number of rotatable bonds is 7. The third kappa shape index (κ3) is 4.13. The van der Waals surface area contributed by atoms with Crippen LogP contribution in [0.2, 0.25) is 0 Å². The Bertz CT molecular complexity index is 401. The summed E-state index contributed by atoms with van der Waals surface area (Å²) in [7, 11) is 0. The summed E-state index contributed by atoms with van der Waals surface area (Å²) in [5.74, 6) is -0.480. The van der Waals surface area contributed by atoms with Crippen LogP contribution in [-0.2, 0) is 0 Å². The van der Waals surface area contributed by atoms with E-state index < -0.39 is 5.97 Å². The molecule has 1 aromatic carbocycles. The number of carbonyl (C=O) groups is 1. The highest BCUT2D eigenvalue weighted by Gasteiger charge is 2.17. The Morgan fingerprint density at radius 3 is 2.61 bits per heavy atom. The summed E-state index contributed by atoms with van der Waals surface area (Å²) >= 11 is 3.43. The van der Waals surface area contributed by atoms with E-state index in [9.17, 15) is 9.90 Å². The van der Waals surface area contributed by atoms with Crippen molar-refractivity contribution >= 4 is 21.9 Å². The minimum Gasteiger partial charge on any atom is -0.478 e. The molecule has 0 saturated heterocycles. The van der Waals surface area contributed by atoms with Gasteiger partial charge in [-0.15, -0.1) is 0 Å². The van der Waals surface area contributed by atoms with Crippen molar-refractivity contribution < 1.29 is 9.90 Å². The monoisotopic (exact) mass is 312 g/mol. The number of benzene rings is 1. The fraction of sp³-hybridized carbons (Fsp3) is 0.533. The first-order valence-corrected chi connectivity index (χ1v) is 7.42. The summed E-state index contributed by atoms with van der Waals surface area (Å²) in [6.45, 7) is 4.31. The second-order valence-electron chi connectivity index (χ2n) is 4.64. The van der Waals surface area contributed by atoms with E-state index in [1.165, 1.54) is 19.3 Å². The number of carboxylic acids is 1. The van der Waals surface area contributed by atoms with Gasteiger partial charge in [-0.2, -0.15) is 0 Å². The number of unbranched alkanes of at least 4 members (excludes halogenated alkanes) is 2. The molecule has 1 atom stereocenters. The average molecular weight is 313 g/mol. The van der Waals surface area contributed by atoms with Gasteiger partial charge < -0.3 is 5.11 Å². The van der Waals surface area contributed by atoms with Gasteiger partial charge in [0.15, 0.2) is 0 Å². The van der Waals surface area contributed by atoms with E-state index in [2.05, 4.69) is 29.8 Å². The first-order valence-electron chi connectivity index (χ1n) is 6.62. The lowest BCUT2D eigenvalue weighted by Gasteiger charge is -2.18. The second-order valence-corrected chi connectivity index (χ2v) is 5.55. The van der Waals surface area contributed by atoms with E-state index in [-0.39, 0.29) is 0 Å². The van der Waals surface area contributed by atoms with Crippen LogP contribution in [0.3, 0.4) is 0 Å². The van der Waals surface area contributed by atoms with E-state index in [4.69, 9.17) is 0 Å². The first kappa shape index (κ1) is 15.2. The van der Waals surface area contributed by atoms with Crippen LogP contribution in [0.5, 0.6) is 0 Å². The molecule has 2 nitrogen and oxygen atoms in total. The van der Waals surface area contributed by atoms with Crippen molar-refractivity contribution in [3.63, 3.8) is 0 Å². The molecular formula is C15H21BrO2. The molecule has 0 saturated carbocycles. The van der Waals surface area contributed by atoms with Gasteiger partial charge in [-0.25, -0.2) is 4.79 Å². The molecule has 0 bridgehead atoms. The predicted molar refractivity (Wildman–Crippen MR) is 78.3 cm³/mol. The van der Waals surface area contributed by atoms with Crippen LogP contribution in [-0.4, -0.2) is 11.1 Å². The molecule has 0 fully saturated rings. The maximum atomic E-state index is 11.3. The van der Waals surface area contributed by atoms with Crippen LogP contribution in [0.1, 0.15) is 67.8 Å². The van der Waals surface area contributed by atoms with Gasteiger partial charge in [-0.05, 0) is 42.5 Å². The van der Waals surface area contributed by atoms with Crippen molar-refractivity contribution in [3.8, 4) is 0 Å². The van der Waals surface area contributed by atoms with Gasteiger partial charge in [0.2, 0.25) is 0 Å². The summed E-state index contributed by atoms with van der Waals surface area (Å²) in [5, 5.41) is 9.26. The minimum atomic E-state index is -0.827. The molecule has 1 rings (SSSR count). The zero-order chi connectivity index (χ0) is 13.5. The van der Waals surface area contributed by atoms with Crippen LogP contribution in [0, 0.1) is 0 Å². The average Bonchev–Trinajstić information content (AvgIpc) is 2.34. The Balaban J connectivity index is 2.95. The fourth-order valence-electron chi connectivity index (χ4n) is 2.29. The molecule has 0 radical (unpaired) electrons. The third-order valence-electron chi connectivity index (χ3n) is 3.33. The van der Waals surface area contributed by atoms with Crippen molar-refractivity contribution in [3.05, 3.63) is 33.8 Å². The van der Waals surface area contributed by atoms with E-state index in [1.807, 2.05) is 6.07 Å². The van der Waals surface area contributed by atoms with Gasteiger partial charge in [0.25, 0.3) is 0 Å². The highest BCUT2D eigenvalue weighted by Crippen LogP contribution is 2.30. The molecule has 0 aliphatic heterocycles. The molecule has 0 aliphatic carbocycles. The largest absolute Gasteiger partial charge is 0.478 e. The fourth-order valence-corrected chi connectivity index (χ4v) is 2.67. The molecule has 1 unspecified atom stereocenters. The van der Waals surface area contributed by atoms with Crippen molar-refractivity contribution in [2.75, 3.05) is 0 Å². The van der Waals surface area contributed by atoms with Gasteiger partial charge >= 0.3 is 5.97 Å². The Morgan fingerprint density at radius 2 is 2.06 bits per heavy atom. The molecule has 1 aromatic rings. The third-order valence-corrected chi connectivity index (χ3v) is 3.83. The zero-order valence-corrected chi connectivity index (χ0v) is 12.7. The van der Waals surface area contributed by atoms with Crippen molar-refractivity contribution in [1.82, 2.24) is 0 Å². The Morgan fingerprint density at radius 1 is 1.33 bits per heavy atom. The Kier molecular flexibility index (Phi) is 6.41. The molecule has 1 N–H and O–H groups in total. The highest BCUT2D eigenvalue weighted by molar-refractivity contribution is 9.10. The molecule has 18 heavy (non-hydrogen) atoms. The smallest absolute Gasteiger partial charge is 0.335 e. The molecule has 0 spiro atoms. The lowest BCUT2D eigenvalue weighted by molar-refractivity contribution is 0.0695. The quantitative estimate of drug-likeness (QED) is 0.701. The van der Waals surface area contributed by atoms with Crippen LogP contribution >= 0.6 is 15.9 Å². The topological polar surface area (TPSA) is 37.3 Å². The lowest BCUT2D eigenvalue weighted by atomic mass is 9.88. The highest BCUT2D eigenvalue weighted by atomic mass is 79.9. The summed E-state index contributed by atoms with van der Waals surface area (Å²) in [6.07, 6.45) is 5.63. The predicted octanol–water partition coefficient (Wildman–Crippen LogP) is 5.22. The maximum absolute atomic E-state index is 11.3. The first-order chi connectivity index (χ1) is 8.60. The summed E-state index contributed by atoms with van der Waals surface area (Å²) in [4.78, 5) is 11.3. The molecule has 0 amide bonds. The van der Waals surface area contributed by atoms with Gasteiger partial charge in [-0.1, -0.05) is 49.0 Å². The molecule has 3 heteroatoms. The Hall–Kier alpha value is -0.830. The molecule has 0 aliphatic rings. The summed E-state index contributed by atoms with van der Waals surface area (Å²) in [5.41, 5.74) is 1.41.